The fraction of sp³-hybridized carbons (Fsp3) is 0.0909. The maximum Gasteiger partial charge on any atom is 0.264 e. The number of benzene rings is 3. The predicted molar refractivity (Wildman–Crippen MR) is 121 cm³/mol. The molecule has 1 amide bonds. The minimum atomic E-state index is -4.05. The number of nitrogens with zero attached hydrogens (tertiary/aromatic N) is 2. The molecule has 0 bridgehead atoms. The second-order valence-corrected chi connectivity index (χ2v) is 9.11. The predicted octanol–water partition coefficient (Wildman–Crippen LogP) is 3.89. The molecule has 160 valence electrons. The van der Waals surface area contributed by atoms with Crippen LogP contribution >= 0.6 is 11.8 Å². The highest BCUT2D eigenvalue weighted by Gasteiger charge is 2.27. The van der Waals surface area contributed by atoms with Gasteiger partial charge in [-0.2, -0.15) is 5.10 Å². The van der Waals surface area contributed by atoms with Gasteiger partial charge in [-0.15, -0.1) is 11.8 Å². The Kier molecular flexibility index (Phi) is 7.43. The molecule has 0 unspecified atom stereocenters. The normalized spacial score (nSPS) is 11.4. The topological polar surface area (TPSA) is 78.8 Å². The molecule has 6 nitrogen and oxygen atoms in total. The number of halogens is 1. The zero-order valence-corrected chi connectivity index (χ0v) is 18.2. The third-order valence-corrected chi connectivity index (χ3v) is 6.78. The first-order valence-electron chi connectivity index (χ1n) is 9.19. The van der Waals surface area contributed by atoms with Gasteiger partial charge in [0, 0.05) is 4.90 Å². The second-order valence-electron chi connectivity index (χ2n) is 6.37. The van der Waals surface area contributed by atoms with Crippen molar-refractivity contribution >= 4 is 39.6 Å². The van der Waals surface area contributed by atoms with E-state index in [1.165, 1.54) is 30.5 Å². The number of sulfonamides is 1. The van der Waals surface area contributed by atoms with Crippen molar-refractivity contribution in [1.29, 1.82) is 0 Å². The fourth-order valence-electron chi connectivity index (χ4n) is 2.68. The van der Waals surface area contributed by atoms with Crippen LogP contribution in [0.25, 0.3) is 0 Å². The second kappa shape index (κ2) is 10.2. The van der Waals surface area contributed by atoms with E-state index < -0.39 is 28.3 Å². The van der Waals surface area contributed by atoms with Gasteiger partial charge in [-0.3, -0.25) is 9.10 Å². The Bertz CT molecular complexity index is 1150. The van der Waals surface area contributed by atoms with Crippen LogP contribution in [0.5, 0.6) is 0 Å². The Hall–Kier alpha value is -3.17. The Morgan fingerprint density at radius 2 is 1.68 bits per heavy atom. The van der Waals surface area contributed by atoms with Crippen LogP contribution in [0.3, 0.4) is 0 Å². The minimum Gasteiger partial charge on any atom is -0.271 e. The lowest BCUT2D eigenvalue weighted by Crippen LogP contribution is -2.39. The fourth-order valence-corrected chi connectivity index (χ4v) is 4.53. The number of carbonyl (C=O) groups is 1. The molecule has 0 aliphatic heterocycles. The van der Waals surface area contributed by atoms with Crippen molar-refractivity contribution in [3.8, 4) is 0 Å². The van der Waals surface area contributed by atoms with Gasteiger partial charge < -0.3 is 0 Å². The summed E-state index contributed by atoms with van der Waals surface area (Å²) >= 11 is 1.61. The highest BCUT2D eigenvalue weighted by molar-refractivity contribution is 7.98. The van der Waals surface area contributed by atoms with E-state index in [1.807, 2.05) is 30.5 Å². The molecular weight excluding hydrogens is 437 g/mol. The van der Waals surface area contributed by atoms with E-state index in [-0.39, 0.29) is 10.6 Å². The van der Waals surface area contributed by atoms with Gasteiger partial charge in [0.1, 0.15) is 12.4 Å². The van der Waals surface area contributed by atoms with Crippen molar-refractivity contribution in [2.24, 2.45) is 5.10 Å². The number of amides is 1. The summed E-state index contributed by atoms with van der Waals surface area (Å²) in [6.45, 7) is -0.522. The molecular formula is C22H20FN3O3S2. The van der Waals surface area contributed by atoms with E-state index in [9.17, 15) is 17.6 Å². The van der Waals surface area contributed by atoms with Crippen molar-refractivity contribution < 1.29 is 17.6 Å². The molecule has 0 aromatic heterocycles. The molecule has 1 N–H and O–H groups in total. The van der Waals surface area contributed by atoms with E-state index in [0.29, 0.717) is 0 Å². The Morgan fingerprint density at radius 3 is 2.29 bits per heavy atom. The first-order valence-corrected chi connectivity index (χ1v) is 11.9. The van der Waals surface area contributed by atoms with Crippen molar-refractivity contribution in [1.82, 2.24) is 5.43 Å². The van der Waals surface area contributed by atoms with Crippen LogP contribution in [-0.2, 0) is 14.8 Å². The Morgan fingerprint density at radius 1 is 1.03 bits per heavy atom. The first-order chi connectivity index (χ1) is 14.9. The van der Waals surface area contributed by atoms with Crippen LogP contribution in [0.15, 0.2) is 93.8 Å². The Balaban J connectivity index is 1.78. The molecule has 0 radical (unpaired) electrons. The van der Waals surface area contributed by atoms with E-state index in [4.69, 9.17) is 0 Å². The van der Waals surface area contributed by atoms with Crippen LogP contribution < -0.4 is 9.73 Å². The van der Waals surface area contributed by atoms with Gasteiger partial charge in [0.25, 0.3) is 15.9 Å². The van der Waals surface area contributed by atoms with Crippen molar-refractivity contribution in [2.45, 2.75) is 9.79 Å². The van der Waals surface area contributed by atoms with E-state index in [2.05, 4.69) is 10.5 Å². The number of hydrazone groups is 1. The van der Waals surface area contributed by atoms with Crippen LogP contribution in [0.1, 0.15) is 5.56 Å². The smallest absolute Gasteiger partial charge is 0.264 e. The van der Waals surface area contributed by atoms with Crippen LogP contribution in [-0.4, -0.2) is 33.3 Å². The van der Waals surface area contributed by atoms with Gasteiger partial charge in [-0.05, 0) is 60.4 Å². The summed E-state index contributed by atoms with van der Waals surface area (Å²) in [7, 11) is -4.05. The van der Waals surface area contributed by atoms with Crippen LogP contribution in [0.2, 0.25) is 0 Å². The van der Waals surface area contributed by atoms with Gasteiger partial charge in [0.15, 0.2) is 0 Å². The first kappa shape index (κ1) is 22.5. The molecule has 3 rings (SSSR count). The summed E-state index contributed by atoms with van der Waals surface area (Å²) < 4.78 is 40.5. The summed E-state index contributed by atoms with van der Waals surface area (Å²) in [5.74, 6) is -1.15. The number of anilines is 1. The third kappa shape index (κ3) is 5.93. The van der Waals surface area contributed by atoms with Gasteiger partial charge in [0.05, 0.1) is 16.8 Å². The highest BCUT2D eigenvalue weighted by Crippen LogP contribution is 2.23. The number of rotatable bonds is 8. The average molecular weight is 458 g/mol. The molecule has 0 aliphatic rings. The molecule has 0 saturated heterocycles. The quantitative estimate of drug-likeness (QED) is 0.316. The van der Waals surface area contributed by atoms with Crippen LogP contribution in [0, 0.1) is 5.82 Å². The zero-order chi connectivity index (χ0) is 22.3. The summed E-state index contributed by atoms with van der Waals surface area (Å²) in [5, 5.41) is 3.90. The van der Waals surface area contributed by atoms with Gasteiger partial charge in [0.2, 0.25) is 0 Å². The summed E-state index contributed by atoms with van der Waals surface area (Å²) in [6, 6.07) is 20.2. The summed E-state index contributed by atoms with van der Waals surface area (Å²) in [6.07, 6.45) is 3.44. The lowest BCUT2D eigenvalue weighted by atomic mass is 10.2. The lowest BCUT2D eigenvalue weighted by molar-refractivity contribution is -0.119. The maximum absolute atomic E-state index is 13.3. The largest absolute Gasteiger partial charge is 0.271 e. The minimum absolute atomic E-state index is 0.0181. The lowest BCUT2D eigenvalue weighted by Gasteiger charge is -2.23. The van der Waals surface area contributed by atoms with Gasteiger partial charge in [-0.25, -0.2) is 18.2 Å². The number of carbonyl (C=O) groups excluding carboxylic acids is 1. The van der Waals surface area contributed by atoms with Crippen LogP contribution in [0.4, 0.5) is 10.1 Å². The van der Waals surface area contributed by atoms with E-state index in [1.54, 1.807) is 30.0 Å². The molecule has 0 spiro atoms. The molecule has 0 aliphatic carbocycles. The molecule has 3 aromatic carbocycles. The molecule has 9 heteroatoms. The summed E-state index contributed by atoms with van der Waals surface area (Å²) in [5.41, 5.74) is 3.29. The number of nitrogens with one attached hydrogen (secondary N) is 1. The van der Waals surface area contributed by atoms with Crippen molar-refractivity contribution in [3.05, 3.63) is 90.2 Å². The summed E-state index contributed by atoms with van der Waals surface area (Å²) in [4.78, 5) is 13.6. The SMILES string of the molecule is CSc1ccc(/C=N\NC(=O)CN(c2ccc(F)cc2)S(=O)(=O)c2ccccc2)cc1. The molecule has 0 fully saturated rings. The molecule has 31 heavy (non-hydrogen) atoms. The molecule has 0 heterocycles. The van der Waals surface area contributed by atoms with Crippen molar-refractivity contribution in [2.75, 3.05) is 17.1 Å². The number of hydrogen-bond donors (Lipinski definition) is 1. The standard InChI is InChI=1S/C22H20FN3O3S2/c1-30-20-13-7-17(8-14-20)15-24-25-22(27)16-26(19-11-9-18(23)10-12-19)31(28,29)21-5-3-2-4-6-21/h2-15H,16H2,1H3,(H,25,27)/b24-15-. The molecule has 3 aromatic rings. The highest BCUT2D eigenvalue weighted by atomic mass is 32.2. The zero-order valence-electron chi connectivity index (χ0n) is 16.6. The number of hydrogen-bond acceptors (Lipinski definition) is 5. The Labute approximate surface area is 184 Å². The van der Waals surface area contributed by atoms with Gasteiger partial charge >= 0.3 is 0 Å². The number of thioether (sulfide) groups is 1. The van der Waals surface area contributed by atoms with Crippen molar-refractivity contribution in [3.63, 3.8) is 0 Å². The maximum atomic E-state index is 13.3. The van der Waals surface area contributed by atoms with E-state index in [0.717, 1.165) is 26.9 Å². The monoisotopic (exact) mass is 457 g/mol. The molecule has 0 saturated carbocycles. The van der Waals surface area contributed by atoms with E-state index >= 15 is 0 Å². The molecule has 0 atom stereocenters. The van der Waals surface area contributed by atoms with Gasteiger partial charge in [-0.1, -0.05) is 30.3 Å². The third-order valence-electron chi connectivity index (χ3n) is 4.25. The average Bonchev–Trinajstić information content (AvgIpc) is 2.79.